The number of methoxy groups -OCH3 is 1. The number of fused-ring (bicyclic) bond motifs is 1. The van der Waals surface area contributed by atoms with E-state index in [1.807, 2.05) is 31.2 Å². The number of hydrogen-bond acceptors (Lipinski definition) is 9. The molecule has 260 valence electrons. The Hall–Kier alpha value is -5.21. The number of aliphatic carboxylic acids is 1. The van der Waals surface area contributed by atoms with E-state index in [2.05, 4.69) is 20.2 Å². The highest BCUT2D eigenvalue weighted by Gasteiger charge is 2.26. The number of nitrogens with zero attached hydrogens (tertiary/aromatic N) is 6. The number of aromatic nitrogens is 5. The highest BCUT2D eigenvalue weighted by atomic mass is 35.5. The maximum atomic E-state index is 13.9. The van der Waals surface area contributed by atoms with Gasteiger partial charge in [-0.1, -0.05) is 41.9 Å². The van der Waals surface area contributed by atoms with Crippen molar-refractivity contribution in [1.82, 2.24) is 29.0 Å². The van der Waals surface area contributed by atoms with Gasteiger partial charge in [-0.05, 0) is 56.1 Å². The van der Waals surface area contributed by atoms with Gasteiger partial charge in [-0.3, -0.25) is 28.6 Å². The number of pyridine rings is 1. The average Bonchev–Trinajstić information content (AvgIpc) is 3.11. The lowest BCUT2D eigenvalue weighted by Crippen LogP contribution is -2.37. The van der Waals surface area contributed by atoms with Crippen LogP contribution in [0.4, 0.5) is 20.3 Å². The number of alkyl halides is 2. The molecule has 2 aromatic carbocycles. The molecule has 12 nitrogen and oxygen atoms in total. The molecule has 0 aliphatic carbocycles. The summed E-state index contributed by atoms with van der Waals surface area (Å²) < 4.78 is 35.5. The molecule has 0 amide bonds. The molecule has 50 heavy (non-hydrogen) atoms. The van der Waals surface area contributed by atoms with Crippen molar-refractivity contribution in [3.8, 4) is 28.3 Å². The molecule has 0 unspecified atom stereocenters. The summed E-state index contributed by atoms with van der Waals surface area (Å²) in [6.07, 6.45) is -0.189. The van der Waals surface area contributed by atoms with Gasteiger partial charge in [-0.2, -0.15) is 0 Å². The molecule has 1 aliphatic rings. The van der Waals surface area contributed by atoms with Crippen molar-refractivity contribution in [1.29, 1.82) is 0 Å². The minimum absolute atomic E-state index is 0.00968. The molecule has 3 aromatic heterocycles. The Morgan fingerprint density at radius 2 is 1.74 bits per heavy atom. The Kier molecular flexibility index (Phi) is 9.67. The molecule has 5 aromatic rings. The van der Waals surface area contributed by atoms with Gasteiger partial charge in [0.05, 0.1) is 35.5 Å². The third kappa shape index (κ3) is 6.43. The van der Waals surface area contributed by atoms with Crippen molar-refractivity contribution in [2.45, 2.75) is 32.7 Å². The van der Waals surface area contributed by atoms with E-state index in [9.17, 15) is 28.3 Å². The van der Waals surface area contributed by atoms with E-state index in [-0.39, 0.29) is 22.6 Å². The summed E-state index contributed by atoms with van der Waals surface area (Å²) >= 11 is 7.04. The predicted octanol–water partition coefficient (Wildman–Crippen LogP) is 5.70. The molecular formula is C35H34ClF2N7O5. The normalized spacial score (nSPS) is 14.0. The van der Waals surface area contributed by atoms with Crippen molar-refractivity contribution >= 4 is 40.0 Å². The lowest BCUT2D eigenvalue weighted by molar-refractivity contribution is -0.143. The topological polar surface area (TPSA) is 144 Å². The maximum absolute atomic E-state index is 13.9. The standard InChI is InChI=1S/C35H34ClF2N7O5/c1-18-20(7-6-10-23(18)40-31-28-27(15-24(41-31)30(37)38)43(2)35(49)44(3)33(28)46)21-8-5-9-22(29(21)36)25-16-39-26(32(42-25)50-4)17-45-13-11-19(12-14-45)34(47)48/h5-10,15-16,19,30H,11-14,17H2,1-4H3,(H,40,41)(H,47,48). The monoisotopic (exact) mass is 705 g/mol. The molecule has 0 radical (unpaired) electrons. The van der Waals surface area contributed by atoms with Crippen LogP contribution in [0, 0.1) is 12.8 Å². The van der Waals surface area contributed by atoms with Gasteiger partial charge in [0.25, 0.3) is 12.0 Å². The quantitative estimate of drug-likeness (QED) is 0.196. The first kappa shape index (κ1) is 34.6. The van der Waals surface area contributed by atoms with Gasteiger partial charge >= 0.3 is 11.7 Å². The van der Waals surface area contributed by atoms with Crippen LogP contribution in [0.1, 0.15) is 36.2 Å². The number of aryl methyl sites for hydroxylation is 1. The Labute approximate surface area is 290 Å². The molecule has 2 N–H and O–H groups in total. The molecule has 0 atom stereocenters. The van der Waals surface area contributed by atoms with Gasteiger partial charge in [0.2, 0.25) is 5.88 Å². The number of hydrogen-bond donors (Lipinski definition) is 2. The number of likely N-dealkylation sites (tertiary alicyclic amines) is 1. The van der Waals surface area contributed by atoms with Gasteiger partial charge in [0, 0.05) is 37.5 Å². The first-order valence-electron chi connectivity index (χ1n) is 15.8. The van der Waals surface area contributed by atoms with Crippen LogP contribution < -0.4 is 21.3 Å². The van der Waals surface area contributed by atoms with Gasteiger partial charge in [-0.25, -0.2) is 23.5 Å². The number of benzene rings is 2. The number of rotatable bonds is 9. The van der Waals surface area contributed by atoms with Crippen LogP contribution in [0.3, 0.4) is 0 Å². The van der Waals surface area contributed by atoms with Crippen molar-refractivity contribution in [3.05, 3.63) is 91.5 Å². The number of ether oxygens (including phenoxy) is 1. The van der Waals surface area contributed by atoms with E-state index in [0.29, 0.717) is 77.1 Å². The zero-order chi connectivity index (χ0) is 35.9. The fraction of sp³-hybridized carbons (Fsp3) is 0.314. The third-order valence-corrected chi connectivity index (χ3v) is 9.57. The molecule has 1 fully saturated rings. The smallest absolute Gasteiger partial charge is 0.330 e. The van der Waals surface area contributed by atoms with Crippen LogP contribution >= 0.6 is 11.6 Å². The van der Waals surface area contributed by atoms with Crippen LogP contribution in [0.15, 0.2) is 58.3 Å². The van der Waals surface area contributed by atoms with Crippen molar-refractivity contribution in [3.63, 3.8) is 0 Å². The highest BCUT2D eigenvalue weighted by Crippen LogP contribution is 2.40. The van der Waals surface area contributed by atoms with Crippen LogP contribution in [0.2, 0.25) is 5.02 Å². The second-order valence-electron chi connectivity index (χ2n) is 12.2. The van der Waals surface area contributed by atoms with Crippen LogP contribution in [0.5, 0.6) is 5.88 Å². The summed E-state index contributed by atoms with van der Waals surface area (Å²) in [4.78, 5) is 52.7. The maximum Gasteiger partial charge on any atom is 0.330 e. The first-order valence-corrected chi connectivity index (χ1v) is 16.2. The summed E-state index contributed by atoms with van der Waals surface area (Å²) in [6.45, 7) is 3.54. The Balaban J connectivity index is 1.34. The second kappa shape index (κ2) is 14.0. The van der Waals surface area contributed by atoms with E-state index in [1.165, 1.54) is 21.2 Å². The van der Waals surface area contributed by atoms with Crippen molar-refractivity contribution in [2.75, 3.05) is 25.5 Å². The average molecular weight is 706 g/mol. The summed E-state index contributed by atoms with van der Waals surface area (Å²) in [5, 5.41) is 12.8. The van der Waals surface area contributed by atoms with E-state index >= 15 is 0 Å². The van der Waals surface area contributed by atoms with E-state index in [1.54, 1.807) is 18.3 Å². The summed E-state index contributed by atoms with van der Waals surface area (Å²) in [7, 11) is 4.23. The molecule has 0 spiro atoms. The number of anilines is 2. The van der Waals surface area contributed by atoms with Crippen LogP contribution in [-0.4, -0.2) is 60.3 Å². The fourth-order valence-corrected chi connectivity index (χ4v) is 6.61. The number of piperidine rings is 1. The predicted molar refractivity (Wildman–Crippen MR) is 185 cm³/mol. The molecule has 0 saturated carbocycles. The Morgan fingerprint density at radius 3 is 2.42 bits per heavy atom. The molecular weight excluding hydrogens is 672 g/mol. The highest BCUT2D eigenvalue weighted by molar-refractivity contribution is 6.36. The van der Waals surface area contributed by atoms with Crippen LogP contribution in [-0.2, 0) is 25.4 Å². The lowest BCUT2D eigenvalue weighted by atomic mass is 9.96. The molecule has 6 rings (SSSR count). The molecule has 1 aliphatic heterocycles. The van der Waals surface area contributed by atoms with Gasteiger partial charge in [0.1, 0.15) is 22.6 Å². The van der Waals surface area contributed by atoms with Gasteiger partial charge in [0.15, 0.2) is 0 Å². The zero-order valence-corrected chi connectivity index (χ0v) is 28.5. The number of halogens is 3. The number of carboxylic acid groups (broad SMARTS) is 1. The van der Waals surface area contributed by atoms with Gasteiger partial charge < -0.3 is 15.2 Å². The third-order valence-electron chi connectivity index (χ3n) is 9.16. The lowest BCUT2D eigenvalue weighted by Gasteiger charge is -2.29. The van der Waals surface area contributed by atoms with E-state index in [4.69, 9.17) is 21.3 Å². The second-order valence-corrected chi connectivity index (χ2v) is 12.5. The minimum Gasteiger partial charge on any atom is -0.481 e. The summed E-state index contributed by atoms with van der Waals surface area (Å²) in [5.74, 6) is -0.881. The Morgan fingerprint density at radius 1 is 1.06 bits per heavy atom. The van der Waals surface area contributed by atoms with Crippen LogP contribution in [0.25, 0.3) is 33.3 Å². The van der Waals surface area contributed by atoms with Gasteiger partial charge in [-0.15, -0.1) is 0 Å². The Bertz CT molecular complexity index is 2250. The van der Waals surface area contributed by atoms with Crippen molar-refractivity contribution in [2.24, 2.45) is 20.0 Å². The van der Waals surface area contributed by atoms with Crippen molar-refractivity contribution < 1.29 is 23.4 Å². The molecule has 0 bridgehead atoms. The minimum atomic E-state index is -2.94. The zero-order valence-electron chi connectivity index (χ0n) is 27.7. The number of carbonyl (C=O) groups is 1. The summed E-state index contributed by atoms with van der Waals surface area (Å²) in [6, 6.07) is 11.9. The first-order chi connectivity index (χ1) is 23.9. The largest absolute Gasteiger partial charge is 0.481 e. The number of nitrogens with one attached hydrogen (secondary N) is 1. The molecule has 4 heterocycles. The number of carboxylic acids is 1. The SMILES string of the molecule is COc1nc(-c2cccc(-c3cccc(Nc4nc(C(F)F)cc5c4c(=O)n(C)c(=O)n5C)c3C)c2Cl)cnc1CN1CCC(C(=O)O)CC1. The molecule has 15 heteroatoms. The van der Waals surface area contributed by atoms with E-state index in [0.717, 1.165) is 20.8 Å². The summed E-state index contributed by atoms with van der Waals surface area (Å²) in [5.41, 5.74) is 2.38. The fourth-order valence-electron chi connectivity index (χ4n) is 6.29. The van der Waals surface area contributed by atoms with E-state index < -0.39 is 29.3 Å². The molecule has 1 saturated heterocycles.